The Labute approximate surface area is 128 Å². The zero-order valence-electron chi connectivity index (χ0n) is 11.8. The van der Waals surface area contributed by atoms with Crippen molar-refractivity contribution in [3.8, 4) is 0 Å². The lowest BCUT2D eigenvalue weighted by molar-refractivity contribution is 0.625. The van der Waals surface area contributed by atoms with E-state index >= 15 is 0 Å². The largest absolute Gasteiger partial charge is 0.381 e. The summed E-state index contributed by atoms with van der Waals surface area (Å²) in [5.74, 6) is 0.374. The lowest BCUT2D eigenvalue weighted by Gasteiger charge is -2.12. The van der Waals surface area contributed by atoms with Gasteiger partial charge in [0.25, 0.3) is 0 Å². The fraction of sp³-hybridized carbons (Fsp3) is 0.294. The Kier molecular flexibility index (Phi) is 5.18. The quantitative estimate of drug-likeness (QED) is 0.737. The Bertz CT molecular complexity index is 566. The molecule has 3 heteroatoms. The Hall–Kier alpha value is -1.35. The van der Waals surface area contributed by atoms with Crippen LogP contribution in [0, 0.1) is 5.82 Å². The Morgan fingerprint density at radius 1 is 1.15 bits per heavy atom. The molecule has 0 fully saturated rings. The van der Waals surface area contributed by atoms with Crippen LogP contribution in [0.4, 0.5) is 10.1 Å². The minimum absolute atomic E-state index is 0.211. The van der Waals surface area contributed by atoms with E-state index < -0.39 is 0 Å². The molecule has 0 saturated carbocycles. The minimum Gasteiger partial charge on any atom is -0.381 e. The molecule has 0 aliphatic rings. The highest BCUT2D eigenvalue weighted by molar-refractivity contribution is 9.10. The fourth-order valence-electron chi connectivity index (χ4n) is 2.04. The number of nitrogens with one attached hydrogen (secondary N) is 1. The Balaban J connectivity index is 2.02. The van der Waals surface area contributed by atoms with Gasteiger partial charge in [-0.15, -0.1) is 0 Å². The molecule has 2 aromatic rings. The molecule has 0 bridgehead atoms. The third-order valence-electron chi connectivity index (χ3n) is 3.58. The van der Waals surface area contributed by atoms with Crippen molar-refractivity contribution in [1.29, 1.82) is 0 Å². The molecule has 106 valence electrons. The summed E-state index contributed by atoms with van der Waals surface area (Å²) >= 11 is 3.44. The van der Waals surface area contributed by atoms with Gasteiger partial charge in [0.1, 0.15) is 5.82 Å². The highest BCUT2D eigenvalue weighted by Gasteiger charge is 2.04. The summed E-state index contributed by atoms with van der Waals surface area (Å²) in [4.78, 5) is 0. The zero-order chi connectivity index (χ0) is 14.5. The lowest BCUT2D eigenvalue weighted by atomic mass is 9.99. The van der Waals surface area contributed by atoms with E-state index in [1.165, 1.54) is 11.6 Å². The average molecular weight is 336 g/mol. The van der Waals surface area contributed by atoms with Crippen molar-refractivity contribution in [2.24, 2.45) is 0 Å². The fourth-order valence-corrected chi connectivity index (χ4v) is 2.43. The van der Waals surface area contributed by atoms with Crippen LogP contribution in [0.2, 0.25) is 0 Å². The molecule has 1 atom stereocenters. The first-order chi connectivity index (χ1) is 9.60. The van der Waals surface area contributed by atoms with Crippen LogP contribution in [0.25, 0.3) is 0 Å². The average Bonchev–Trinajstić information content (AvgIpc) is 2.48. The molecular formula is C17H19BrFN. The van der Waals surface area contributed by atoms with E-state index in [-0.39, 0.29) is 5.82 Å². The summed E-state index contributed by atoms with van der Waals surface area (Å²) in [7, 11) is 0. The van der Waals surface area contributed by atoms with Crippen molar-refractivity contribution >= 4 is 21.6 Å². The molecule has 0 heterocycles. The third kappa shape index (κ3) is 3.83. The van der Waals surface area contributed by atoms with Crippen LogP contribution in [0.15, 0.2) is 46.9 Å². The van der Waals surface area contributed by atoms with Crippen LogP contribution < -0.4 is 5.32 Å². The smallest absolute Gasteiger partial charge is 0.123 e. The number of benzene rings is 2. The molecule has 0 aromatic heterocycles. The second-order valence-electron chi connectivity index (χ2n) is 5.02. The van der Waals surface area contributed by atoms with E-state index in [1.807, 2.05) is 0 Å². The number of rotatable bonds is 5. The molecule has 1 nitrogen and oxygen atoms in total. The van der Waals surface area contributed by atoms with Gasteiger partial charge in [-0.25, -0.2) is 4.39 Å². The molecule has 0 radical (unpaired) electrons. The number of hydrogen-bond donors (Lipinski definition) is 1. The van der Waals surface area contributed by atoms with Crippen LogP contribution in [0.5, 0.6) is 0 Å². The molecule has 0 aliphatic heterocycles. The Morgan fingerprint density at radius 3 is 2.50 bits per heavy atom. The van der Waals surface area contributed by atoms with E-state index in [1.54, 1.807) is 12.1 Å². The van der Waals surface area contributed by atoms with Crippen molar-refractivity contribution in [2.45, 2.75) is 32.7 Å². The predicted molar refractivity (Wildman–Crippen MR) is 86.6 cm³/mol. The van der Waals surface area contributed by atoms with Gasteiger partial charge in [0.15, 0.2) is 0 Å². The van der Waals surface area contributed by atoms with Gasteiger partial charge >= 0.3 is 0 Å². The maximum Gasteiger partial charge on any atom is 0.123 e. The Morgan fingerprint density at radius 2 is 1.85 bits per heavy atom. The monoisotopic (exact) mass is 335 g/mol. The van der Waals surface area contributed by atoms with Crippen molar-refractivity contribution < 1.29 is 4.39 Å². The van der Waals surface area contributed by atoms with Crippen molar-refractivity contribution in [3.05, 3.63) is 63.9 Å². The summed E-state index contributed by atoms with van der Waals surface area (Å²) < 4.78 is 14.1. The first-order valence-corrected chi connectivity index (χ1v) is 7.67. The molecule has 2 aromatic carbocycles. The van der Waals surface area contributed by atoms with Crippen molar-refractivity contribution in [1.82, 2.24) is 0 Å². The van der Waals surface area contributed by atoms with Gasteiger partial charge in [0, 0.05) is 16.7 Å². The highest BCUT2D eigenvalue weighted by atomic mass is 79.9. The first-order valence-electron chi connectivity index (χ1n) is 6.88. The summed E-state index contributed by atoms with van der Waals surface area (Å²) in [6.45, 7) is 5.02. The van der Waals surface area contributed by atoms with Gasteiger partial charge in [0.2, 0.25) is 0 Å². The van der Waals surface area contributed by atoms with Crippen LogP contribution in [0.1, 0.15) is 37.3 Å². The van der Waals surface area contributed by atoms with E-state index in [0.29, 0.717) is 12.5 Å². The van der Waals surface area contributed by atoms with Crippen molar-refractivity contribution in [3.63, 3.8) is 0 Å². The SMILES string of the molecule is CCC(C)c1ccc(NCc2cc(F)ccc2Br)cc1. The third-order valence-corrected chi connectivity index (χ3v) is 4.36. The summed E-state index contributed by atoms with van der Waals surface area (Å²) in [5.41, 5.74) is 3.31. The molecule has 0 amide bonds. The molecule has 20 heavy (non-hydrogen) atoms. The van der Waals surface area contributed by atoms with Gasteiger partial charge in [0.05, 0.1) is 0 Å². The summed E-state index contributed by atoms with van der Waals surface area (Å²) in [6.07, 6.45) is 1.14. The van der Waals surface area contributed by atoms with E-state index in [4.69, 9.17) is 0 Å². The van der Waals surface area contributed by atoms with E-state index in [2.05, 4.69) is 59.4 Å². The zero-order valence-corrected chi connectivity index (χ0v) is 13.4. The standard InChI is InChI=1S/C17H19BrFN/c1-3-12(2)13-4-7-16(8-5-13)20-11-14-10-15(19)6-9-17(14)18/h4-10,12,20H,3,11H2,1-2H3. The molecule has 0 aliphatic carbocycles. The van der Waals surface area contributed by atoms with Crippen LogP contribution in [-0.4, -0.2) is 0 Å². The van der Waals surface area contributed by atoms with Crippen LogP contribution in [0.3, 0.4) is 0 Å². The molecule has 2 rings (SSSR count). The molecule has 1 N–H and O–H groups in total. The van der Waals surface area contributed by atoms with E-state index in [0.717, 1.165) is 22.1 Å². The van der Waals surface area contributed by atoms with Crippen LogP contribution >= 0.6 is 15.9 Å². The minimum atomic E-state index is -0.211. The normalized spacial score (nSPS) is 12.2. The highest BCUT2D eigenvalue weighted by Crippen LogP contribution is 2.22. The molecule has 0 saturated heterocycles. The van der Waals surface area contributed by atoms with Crippen LogP contribution in [-0.2, 0) is 6.54 Å². The number of hydrogen-bond acceptors (Lipinski definition) is 1. The van der Waals surface area contributed by atoms with Crippen molar-refractivity contribution in [2.75, 3.05) is 5.32 Å². The molecule has 0 spiro atoms. The number of anilines is 1. The van der Waals surface area contributed by atoms with Gasteiger partial charge < -0.3 is 5.32 Å². The molecular weight excluding hydrogens is 317 g/mol. The van der Waals surface area contributed by atoms with Gasteiger partial charge in [-0.05, 0) is 53.8 Å². The van der Waals surface area contributed by atoms with Gasteiger partial charge in [-0.1, -0.05) is 41.9 Å². The van der Waals surface area contributed by atoms with Gasteiger partial charge in [-0.3, -0.25) is 0 Å². The predicted octanol–water partition coefficient (Wildman–Crippen LogP) is 5.71. The second-order valence-corrected chi connectivity index (χ2v) is 5.87. The number of halogens is 2. The van der Waals surface area contributed by atoms with E-state index in [9.17, 15) is 4.39 Å². The maximum atomic E-state index is 13.2. The summed E-state index contributed by atoms with van der Waals surface area (Å²) in [6, 6.07) is 13.2. The first kappa shape index (κ1) is 15.0. The molecule has 1 unspecified atom stereocenters. The maximum absolute atomic E-state index is 13.2. The summed E-state index contributed by atoms with van der Waals surface area (Å²) in [5, 5.41) is 3.32. The lowest BCUT2D eigenvalue weighted by Crippen LogP contribution is -2.01. The topological polar surface area (TPSA) is 12.0 Å². The van der Waals surface area contributed by atoms with Gasteiger partial charge in [-0.2, -0.15) is 0 Å². The second kappa shape index (κ2) is 6.89.